The molecule has 1 aliphatic carbocycles. The van der Waals surface area contributed by atoms with E-state index in [1.807, 2.05) is 18.2 Å². The van der Waals surface area contributed by atoms with E-state index in [0.29, 0.717) is 0 Å². The van der Waals surface area contributed by atoms with Gasteiger partial charge in [-0.2, -0.15) is 0 Å². The first-order valence-corrected chi connectivity index (χ1v) is 6.40. The van der Waals surface area contributed by atoms with Gasteiger partial charge in [0.05, 0.1) is 5.92 Å². The largest absolute Gasteiger partial charge is 0.481 e. The molecule has 3 nitrogen and oxygen atoms in total. The lowest BCUT2D eigenvalue weighted by molar-refractivity contribution is -0.143. The molecule has 1 aliphatic rings. The molecule has 0 radical (unpaired) electrons. The second kappa shape index (κ2) is 5.80. The minimum atomic E-state index is -0.632. The Bertz CT molecular complexity index is 364. The van der Waals surface area contributed by atoms with Gasteiger partial charge in [-0.05, 0) is 37.3 Å². The fourth-order valence-corrected chi connectivity index (χ4v) is 2.74. The summed E-state index contributed by atoms with van der Waals surface area (Å²) in [5.41, 5.74) is 1.02. The van der Waals surface area contributed by atoms with Crippen LogP contribution in [-0.4, -0.2) is 16.1 Å². The highest BCUT2D eigenvalue weighted by molar-refractivity contribution is 5.70. The third-order valence-corrected chi connectivity index (χ3v) is 3.67. The summed E-state index contributed by atoms with van der Waals surface area (Å²) in [7, 11) is 0. The fourth-order valence-electron chi connectivity index (χ4n) is 2.74. The SMILES string of the molecule is O=C(O)C1CCCCCC1Cc1ccccn1. The predicted octanol–water partition coefficient (Wildman–Crippen LogP) is 2.91. The number of carboxylic acids is 1. The zero-order valence-corrected chi connectivity index (χ0v) is 10.0. The van der Waals surface area contributed by atoms with Crippen molar-refractivity contribution >= 4 is 5.97 Å². The third-order valence-electron chi connectivity index (χ3n) is 3.67. The molecule has 1 N–H and O–H groups in total. The number of rotatable bonds is 3. The van der Waals surface area contributed by atoms with Gasteiger partial charge in [0.1, 0.15) is 0 Å². The van der Waals surface area contributed by atoms with Gasteiger partial charge in [0.15, 0.2) is 0 Å². The Labute approximate surface area is 102 Å². The molecule has 0 spiro atoms. The maximum atomic E-state index is 11.3. The smallest absolute Gasteiger partial charge is 0.306 e. The number of hydrogen-bond acceptors (Lipinski definition) is 2. The van der Waals surface area contributed by atoms with Gasteiger partial charge in [0, 0.05) is 11.9 Å². The van der Waals surface area contributed by atoms with Crippen molar-refractivity contribution in [2.45, 2.75) is 38.5 Å². The first kappa shape index (κ1) is 12.1. The lowest BCUT2D eigenvalue weighted by Gasteiger charge is -2.20. The van der Waals surface area contributed by atoms with Crippen LogP contribution in [0.1, 0.15) is 37.8 Å². The van der Waals surface area contributed by atoms with Crippen molar-refractivity contribution in [1.29, 1.82) is 0 Å². The van der Waals surface area contributed by atoms with Crippen LogP contribution in [-0.2, 0) is 11.2 Å². The molecule has 2 atom stereocenters. The van der Waals surface area contributed by atoms with E-state index >= 15 is 0 Å². The molecular weight excluding hydrogens is 214 g/mol. The molecule has 2 rings (SSSR count). The van der Waals surface area contributed by atoms with E-state index in [1.54, 1.807) is 6.20 Å². The van der Waals surface area contributed by atoms with Gasteiger partial charge in [0.25, 0.3) is 0 Å². The quantitative estimate of drug-likeness (QED) is 0.817. The van der Waals surface area contributed by atoms with E-state index in [9.17, 15) is 9.90 Å². The van der Waals surface area contributed by atoms with Crippen LogP contribution in [0, 0.1) is 11.8 Å². The normalized spacial score (nSPS) is 25.2. The summed E-state index contributed by atoms with van der Waals surface area (Å²) in [5.74, 6) is -0.558. The Balaban J connectivity index is 2.07. The van der Waals surface area contributed by atoms with Gasteiger partial charge in [-0.15, -0.1) is 0 Å². The summed E-state index contributed by atoms with van der Waals surface area (Å²) in [6.45, 7) is 0. The maximum Gasteiger partial charge on any atom is 0.306 e. The molecule has 1 saturated carbocycles. The number of carboxylic acid groups (broad SMARTS) is 1. The van der Waals surface area contributed by atoms with Gasteiger partial charge in [-0.1, -0.05) is 25.3 Å². The van der Waals surface area contributed by atoms with Crippen LogP contribution >= 0.6 is 0 Å². The zero-order chi connectivity index (χ0) is 12.1. The average molecular weight is 233 g/mol. The Morgan fingerprint density at radius 3 is 2.82 bits per heavy atom. The molecule has 1 aromatic heterocycles. The van der Waals surface area contributed by atoms with Crippen molar-refractivity contribution < 1.29 is 9.90 Å². The summed E-state index contributed by atoms with van der Waals surface area (Å²) in [5, 5.41) is 9.29. The summed E-state index contributed by atoms with van der Waals surface area (Å²) in [6.07, 6.45) is 7.81. The Morgan fingerprint density at radius 2 is 2.12 bits per heavy atom. The maximum absolute atomic E-state index is 11.3. The van der Waals surface area contributed by atoms with E-state index in [1.165, 1.54) is 6.42 Å². The molecule has 1 aromatic rings. The van der Waals surface area contributed by atoms with Crippen LogP contribution < -0.4 is 0 Å². The highest BCUT2D eigenvalue weighted by Gasteiger charge is 2.29. The zero-order valence-electron chi connectivity index (χ0n) is 10.0. The summed E-state index contributed by atoms with van der Waals surface area (Å²) in [4.78, 5) is 15.6. The second-order valence-corrected chi connectivity index (χ2v) is 4.87. The summed E-state index contributed by atoms with van der Waals surface area (Å²) < 4.78 is 0. The minimum Gasteiger partial charge on any atom is -0.481 e. The summed E-state index contributed by atoms with van der Waals surface area (Å²) in [6, 6.07) is 5.85. The standard InChI is InChI=1S/C14H19NO2/c16-14(17)13-8-3-1-2-6-11(13)10-12-7-4-5-9-15-12/h4-5,7,9,11,13H,1-3,6,8,10H2,(H,16,17). The second-order valence-electron chi connectivity index (χ2n) is 4.87. The molecule has 92 valence electrons. The van der Waals surface area contributed by atoms with Crippen LogP contribution in [0.25, 0.3) is 0 Å². The van der Waals surface area contributed by atoms with Crippen LogP contribution in [0.2, 0.25) is 0 Å². The molecule has 0 aliphatic heterocycles. The highest BCUT2D eigenvalue weighted by atomic mass is 16.4. The molecule has 3 heteroatoms. The number of aliphatic carboxylic acids is 1. The number of pyridine rings is 1. The topological polar surface area (TPSA) is 50.2 Å². The van der Waals surface area contributed by atoms with Crippen LogP contribution in [0.3, 0.4) is 0 Å². The molecule has 0 saturated heterocycles. The van der Waals surface area contributed by atoms with Crippen LogP contribution in [0.4, 0.5) is 0 Å². The Hall–Kier alpha value is -1.38. The van der Waals surface area contributed by atoms with Crippen molar-refractivity contribution in [3.05, 3.63) is 30.1 Å². The minimum absolute atomic E-state index is 0.181. The van der Waals surface area contributed by atoms with Crippen molar-refractivity contribution in [3.8, 4) is 0 Å². The first-order valence-electron chi connectivity index (χ1n) is 6.40. The third kappa shape index (κ3) is 3.29. The van der Waals surface area contributed by atoms with Gasteiger partial charge in [-0.3, -0.25) is 9.78 Å². The van der Waals surface area contributed by atoms with Crippen molar-refractivity contribution in [2.24, 2.45) is 11.8 Å². The van der Waals surface area contributed by atoms with E-state index in [2.05, 4.69) is 4.98 Å². The molecule has 1 fully saturated rings. The molecular formula is C14H19NO2. The monoisotopic (exact) mass is 233 g/mol. The lowest BCUT2D eigenvalue weighted by Crippen LogP contribution is -2.24. The average Bonchev–Trinajstić information content (AvgIpc) is 2.56. The Morgan fingerprint density at radius 1 is 1.29 bits per heavy atom. The molecule has 17 heavy (non-hydrogen) atoms. The molecule has 1 heterocycles. The first-order chi connectivity index (χ1) is 8.27. The molecule has 2 unspecified atom stereocenters. The van der Waals surface area contributed by atoms with Gasteiger partial charge in [0.2, 0.25) is 0 Å². The molecule has 0 aromatic carbocycles. The van der Waals surface area contributed by atoms with E-state index in [4.69, 9.17) is 0 Å². The number of hydrogen-bond donors (Lipinski definition) is 1. The van der Waals surface area contributed by atoms with E-state index in [-0.39, 0.29) is 11.8 Å². The van der Waals surface area contributed by atoms with Gasteiger partial charge < -0.3 is 5.11 Å². The Kier molecular flexibility index (Phi) is 4.13. The molecule has 0 amide bonds. The van der Waals surface area contributed by atoms with Crippen molar-refractivity contribution in [3.63, 3.8) is 0 Å². The van der Waals surface area contributed by atoms with E-state index in [0.717, 1.165) is 37.8 Å². The molecule has 0 bridgehead atoms. The number of aromatic nitrogens is 1. The predicted molar refractivity (Wildman–Crippen MR) is 65.6 cm³/mol. The lowest BCUT2D eigenvalue weighted by atomic mass is 9.84. The fraction of sp³-hybridized carbons (Fsp3) is 0.571. The van der Waals surface area contributed by atoms with Crippen LogP contribution in [0.15, 0.2) is 24.4 Å². The van der Waals surface area contributed by atoms with Crippen molar-refractivity contribution in [2.75, 3.05) is 0 Å². The van der Waals surface area contributed by atoms with Crippen LogP contribution in [0.5, 0.6) is 0 Å². The highest BCUT2D eigenvalue weighted by Crippen LogP contribution is 2.31. The summed E-state index contributed by atoms with van der Waals surface area (Å²) >= 11 is 0. The van der Waals surface area contributed by atoms with Gasteiger partial charge in [-0.25, -0.2) is 0 Å². The number of carbonyl (C=O) groups is 1. The number of nitrogens with zero attached hydrogens (tertiary/aromatic N) is 1. The van der Waals surface area contributed by atoms with Crippen molar-refractivity contribution in [1.82, 2.24) is 4.98 Å². The van der Waals surface area contributed by atoms with Gasteiger partial charge >= 0.3 is 5.97 Å². The van der Waals surface area contributed by atoms with E-state index < -0.39 is 5.97 Å².